The molecule has 0 saturated carbocycles. The summed E-state index contributed by atoms with van der Waals surface area (Å²) in [6.07, 6.45) is 2.29. The molecule has 0 rings (SSSR count). The van der Waals surface area contributed by atoms with Crippen molar-refractivity contribution in [2.75, 3.05) is 0 Å². The molecule has 0 unspecified atom stereocenters. The van der Waals surface area contributed by atoms with Gasteiger partial charge in [-0.05, 0) is 0 Å². The van der Waals surface area contributed by atoms with E-state index >= 15 is 0 Å². The SMILES string of the molecule is CCC([O-])(CC)CC.[Li+]. The van der Waals surface area contributed by atoms with Gasteiger partial charge in [-0.3, -0.25) is 0 Å². The maximum atomic E-state index is 11.2. The molecule has 0 aromatic heterocycles. The molecular weight excluding hydrogens is 107 g/mol. The monoisotopic (exact) mass is 122 g/mol. The zero-order chi connectivity index (χ0) is 6.62. The molecule has 50 valence electrons. The van der Waals surface area contributed by atoms with Gasteiger partial charge in [0, 0.05) is 0 Å². The molecule has 0 aliphatic heterocycles. The van der Waals surface area contributed by atoms with Crippen molar-refractivity contribution in [1.29, 1.82) is 0 Å². The first kappa shape index (κ1) is 12.3. The Morgan fingerprint density at radius 1 is 1.00 bits per heavy atom. The van der Waals surface area contributed by atoms with E-state index in [1.54, 1.807) is 0 Å². The Kier molecular flexibility index (Phi) is 7.29. The first-order valence-corrected chi connectivity index (χ1v) is 3.39. The van der Waals surface area contributed by atoms with Gasteiger partial charge in [-0.2, -0.15) is 0 Å². The maximum absolute atomic E-state index is 11.2. The average molecular weight is 122 g/mol. The van der Waals surface area contributed by atoms with Gasteiger partial charge in [-0.15, -0.1) is 5.60 Å². The van der Waals surface area contributed by atoms with Crippen molar-refractivity contribution in [3.8, 4) is 0 Å². The van der Waals surface area contributed by atoms with E-state index in [0.29, 0.717) is 0 Å². The molecule has 0 radical (unpaired) electrons. The molecule has 0 amide bonds. The van der Waals surface area contributed by atoms with Crippen LogP contribution in [0.25, 0.3) is 0 Å². The van der Waals surface area contributed by atoms with Crippen LogP contribution in [0.3, 0.4) is 0 Å². The Balaban J connectivity index is 0. The van der Waals surface area contributed by atoms with Crippen molar-refractivity contribution in [1.82, 2.24) is 0 Å². The molecule has 0 aliphatic rings. The predicted octanol–water partition coefficient (Wildman–Crippen LogP) is -1.68. The first-order chi connectivity index (χ1) is 3.68. The van der Waals surface area contributed by atoms with E-state index in [0.717, 1.165) is 19.3 Å². The maximum Gasteiger partial charge on any atom is 1.00 e. The molecule has 0 bridgehead atoms. The van der Waals surface area contributed by atoms with Crippen LogP contribution in [0, 0.1) is 0 Å². The zero-order valence-electron chi connectivity index (χ0n) is 7.03. The molecular formula is C7H15LiO. The summed E-state index contributed by atoms with van der Waals surface area (Å²) in [5, 5.41) is 11.2. The topological polar surface area (TPSA) is 23.1 Å². The van der Waals surface area contributed by atoms with Crippen LogP contribution in [0.1, 0.15) is 40.0 Å². The molecule has 0 atom stereocenters. The van der Waals surface area contributed by atoms with Gasteiger partial charge >= 0.3 is 18.9 Å². The fourth-order valence-corrected chi connectivity index (χ4v) is 0.750. The molecule has 0 saturated heterocycles. The van der Waals surface area contributed by atoms with Gasteiger partial charge in [0.1, 0.15) is 0 Å². The van der Waals surface area contributed by atoms with Gasteiger partial charge in [-0.1, -0.05) is 40.0 Å². The van der Waals surface area contributed by atoms with E-state index in [1.807, 2.05) is 20.8 Å². The predicted molar refractivity (Wildman–Crippen MR) is 33.6 cm³/mol. The van der Waals surface area contributed by atoms with Crippen molar-refractivity contribution in [3.63, 3.8) is 0 Å². The molecule has 0 heterocycles. The number of hydrogen-bond acceptors (Lipinski definition) is 1. The van der Waals surface area contributed by atoms with Crippen LogP contribution < -0.4 is 24.0 Å². The summed E-state index contributed by atoms with van der Waals surface area (Å²) in [5.41, 5.74) is -0.625. The molecule has 0 fully saturated rings. The second-order valence-electron chi connectivity index (χ2n) is 2.24. The summed E-state index contributed by atoms with van der Waals surface area (Å²) >= 11 is 0. The molecule has 0 N–H and O–H groups in total. The summed E-state index contributed by atoms with van der Waals surface area (Å²) in [4.78, 5) is 0. The number of hydrogen-bond donors (Lipinski definition) is 0. The minimum Gasteiger partial charge on any atom is -0.849 e. The number of rotatable bonds is 3. The smallest absolute Gasteiger partial charge is 0.849 e. The Morgan fingerprint density at radius 3 is 1.22 bits per heavy atom. The van der Waals surface area contributed by atoms with E-state index in [2.05, 4.69) is 0 Å². The molecule has 9 heavy (non-hydrogen) atoms. The normalized spacial score (nSPS) is 10.7. The van der Waals surface area contributed by atoms with Crippen LogP contribution in [0.5, 0.6) is 0 Å². The second kappa shape index (κ2) is 5.35. The van der Waals surface area contributed by atoms with Crippen molar-refractivity contribution < 1.29 is 24.0 Å². The van der Waals surface area contributed by atoms with E-state index < -0.39 is 5.60 Å². The minimum atomic E-state index is -0.625. The van der Waals surface area contributed by atoms with Crippen molar-refractivity contribution in [3.05, 3.63) is 0 Å². The fourth-order valence-electron chi connectivity index (χ4n) is 0.750. The van der Waals surface area contributed by atoms with Crippen molar-refractivity contribution >= 4 is 0 Å². The van der Waals surface area contributed by atoms with Crippen LogP contribution in [-0.4, -0.2) is 5.60 Å². The molecule has 0 aromatic rings. The van der Waals surface area contributed by atoms with Gasteiger partial charge in [0.25, 0.3) is 0 Å². The minimum absolute atomic E-state index is 0. The zero-order valence-corrected chi connectivity index (χ0v) is 7.03. The summed E-state index contributed by atoms with van der Waals surface area (Å²) in [6.45, 7) is 5.88. The van der Waals surface area contributed by atoms with E-state index in [1.165, 1.54) is 0 Å². The van der Waals surface area contributed by atoms with Gasteiger partial charge in [0.2, 0.25) is 0 Å². The van der Waals surface area contributed by atoms with Crippen LogP contribution in [-0.2, 0) is 0 Å². The largest absolute Gasteiger partial charge is 1.00 e. The second-order valence-corrected chi connectivity index (χ2v) is 2.24. The van der Waals surface area contributed by atoms with E-state index in [4.69, 9.17) is 0 Å². The van der Waals surface area contributed by atoms with Gasteiger partial charge < -0.3 is 5.11 Å². The molecule has 0 spiro atoms. The van der Waals surface area contributed by atoms with Crippen molar-refractivity contribution in [2.45, 2.75) is 45.6 Å². The van der Waals surface area contributed by atoms with Crippen LogP contribution >= 0.6 is 0 Å². The van der Waals surface area contributed by atoms with E-state index in [-0.39, 0.29) is 18.9 Å². The fraction of sp³-hybridized carbons (Fsp3) is 1.00. The Labute approximate surface area is 70.0 Å². The molecule has 0 aromatic carbocycles. The summed E-state index contributed by atoms with van der Waals surface area (Å²) in [7, 11) is 0. The quantitative estimate of drug-likeness (QED) is 0.410. The van der Waals surface area contributed by atoms with Gasteiger partial charge in [0.15, 0.2) is 0 Å². The van der Waals surface area contributed by atoms with Crippen LogP contribution in [0.2, 0.25) is 0 Å². The Hall–Kier alpha value is 0.557. The van der Waals surface area contributed by atoms with Gasteiger partial charge in [0.05, 0.1) is 0 Å². The summed E-state index contributed by atoms with van der Waals surface area (Å²) in [5.74, 6) is 0. The molecule has 2 heteroatoms. The summed E-state index contributed by atoms with van der Waals surface area (Å²) < 4.78 is 0. The first-order valence-electron chi connectivity index (χ1n) is 3.39. The molecule has 0 aliphatic carbocycles. The third-order valence-electron chi connectivity index (χ3n) is 1.93. The third-order valence-corrected chi connectivity index (χ3v) is 1.93. The standard InChI is InChI=1S/C7H15O.Li/c1-4-7(8,5-2)6-3;/h4-6H2,1-3H3;/q-1;+1. The van der Waals surface area contributed by atoms with Crippen LogP contribution in [0.4, 0.5) is 0 Å². The third kappa shape index (κ3) is 4.03. The average Bonchev–Trinajstić information content (AvgIpc) is 1.87. The molecule has 1 nitrogen and oxygen atoms in total. The Bertz CT molecular complexity index is 51.7. The van der Waals surface area contributed by atoms with Gasteiger partial charge in [-0.25, -0.2) is 0 Å². The van der Waals surface area contributed by atoms with Crippen molar-refractivity contribution in [2.24, 2.45) is 0 Å². The Morgan fingerprint density at radius 2 is 1.22 bits per heavy atom. The summed E-state index contributed by atoms with van der Waals surface area (Å²) in [6, 6.07) is 0. The van der Waals surface area contributed by atoms with Crippen LogP contribution in [0.15, 0.2) is 0 Å². The van der Waals surface area contributed by atoms with E-state index in [9.17, 15) is 5.11 Å².